The third-order valence-corrected chi connectivity index (χ3v) is 5.92. The van der Waals surface area contributed by atoms with Gasteiger partial charge in [0.1, 0.15) is 0 Å². The summed E-state index contributed by atoms with van der Waals surface area (Å²) in [6.45, 7) is 4.05. The van der Waals surface area contributed by atoms with Gasteiger partial charge in [0, 0.05) is 18.6 Å². The molecule has 2 rings (SSSR count). The summed E-state index contributed by atoms with van der Waals surface area (Å²) in [6, 6.07) is 6.65. The number of sulfonamides is 1. The molecule has 0 amide bonds. The van der Waals surface area contributed by atoms with E-state index in [0.717, 1.165) is 0 Å². The Balaban J connectivity index is 2.38. The van der Waals surface area contributed by atoms with Crippen LogP contribution in [0.4, 0.5) is 0 Å². The van der Waals surface area contributed by atoms with Gasteiger partial charge < -0.3 is 5.73 Å². The normalized spacial score (nSPS) is 24.3. The summed E-state index contributed by atoms with van der Waals surface area (Å²) in [7, 11) is -3.52. The molecular weight excluding hydrogens is 274 g/mol. The zero-order valence-electron chi connectivity index (χ0n) is 11.7. The molecule has 1 aromatic carbocycles. The number of nitrogens with two attached hydrogens (primary N) is 1. The standard InChI is InChI=1S/C14H19N3O2S/c1-10-7-12(9-15)3-4-14(10)20(18,19)17-6-5-13(16)8-11(17)2/h3-4,7,11,13H,5-6,8,16H2,1-2H3/t11-,13-/m1/s1. The minimum absolute atomic E-state index is 0.0681. The first-order valence-corrected chi connectivity index (χ1v) is 8.08. The molecule has 1 aliphatic rings. The van der Waals surface area contributed by atoms with Crippen molar-refractivity contribution in [3.63, 3.8) is 0 Å². The SMILES string of the molecule is Cc1cc(C#N)ccc1S(=O)(=O)N1CC[C@@H](N)C[C@H]1C. The Bertz CT molecular complexity index is 649. The van der Waals surface area contributed by atoms with E-state index >= 15 is 0 Å². The quantitative estimate of drug-likeness (QED) is 0.892. The molecule has 1 heterocycles. The number of rotatable bonds is 2. The molecule has 0 bridgehead atoms. The summed E-state index contributed by atoms with van der Waals surface area (Å²) in [5.74, 6) is 0. The largest absolute Gasteiger partial charge is 0.328 e. The molecule has 1 aliphatic heterocycles. The van der Waals surface area contributed by atoms with Crippen LogP contribution in [-0.4, -0.2) is 31.4 Å². The van der Waals surface area contributed by atoms with Crippen LogP contribution in [0.3, 0.4) is 0 Å². The highest BCUT2D eigenvalue weighted by Gasteiger charge is 2.34. The Morgan fingerprint density at radius 2 is 2.15 bits per heavy atom. The number of benzene rings is 1. The molecule has 108 valence electrons. The van der Waals surface area contributed by atoms with Crippen LogP contribution in [0.2, 0.25) is 0 Å². The van der Waals surface area contributed by atoms with Gasteiger partial charge in [-0.25, -0.2) is 8.42 Å². The van der Waals surface area contributed by atoms with E-state index in [2.05, 4.69) is 0 Å². The highest BCUT2D eigenvalue weighted by Crippen LogP contribution is 2.27. The lowest BCUT2D eigenvalue weighted by molar-refractivity contribution is 0.247. The predicted octanol–water partition coefficient (Wildman–Crippen LogP) is 1.37. The number of piperidine rings is 1. The van der Waals surface area contributed by atoms with E-state index in [1.807, 2.05) is 13.0 Å². The van der Waals surface area contributed by atoms with Crippen molar-refractivity contribution in [1.29, 1.82) is 5.26 Å². The zero-order valence-corrected chi connectivity index (χ0v) is 12.5. The molecule has 20 heavy (non-hydrogen) atoms. The molecule has 0 unspecified atom stereocenters. The maximum absolute atomic E-state index is 12.7. The number of nitriles is 1. The van der Waals surface area contributed by atoms with E-state index in [0.29, 0.717) is 30.5 Å². The van der Waals surface area contributed by atoms with Gasteiger partial charge in [0.2, 0.25) is 10.0 Å². The van der Waals surface area contributed by atoms with Gasteiger partial charge in [-0.3, -0.25) is 0 Å². The van der Waals surface area contributed by atoms with Crippen LogP contribution in [-0.2, 0) is 10.0 Å². The van der Waals surface area contributed by atoms with E-state index < -0.39 is 10.0 Å². The summed E-state index contributed by atoms with van der Waals surface area (Å²) in [4.78, 5) is 0.277. The summed E-state index contributed by atoms with van der Waals surface area (Å²) >= 11 is 0. The van der Waals surface area contributed by atoms with Gasteiger partial charge in [0.05, 0.1) is 16.5 Å². The van der Waals surface area contributed by atoms with Crippen LogP contribution >= 0.6 is 0 Å². The van der Waals surface area contributed by atoms with Gasteiger partial charge in [-0.15, -0.1) is 0 Å². The smallest absolute Gasteiger partial charge is 0.243 e. The molecule has 0 radical (unpaired) electrons. The first-order valence-electron chi connectivity index (χ1n) is 6.64. The maximum Gasteiger partial charge on any atom is 0.243 e. The van der Waals surface area contributed by atoms with Crippen molar-refractivity contribution in [3.8, 4) is 6.07 Å². The summed E-state index contributed by atoms with van der Waals surface area (Å²) in [6.07, 6.45) is 1.35. The highest BCUT2D eigenvalue weighted by atomic mass is 32.2. The van der Waals surface area contributed by atoms with Crippen molar-refractivity contribution in [2.24, 2.45) is 5.73 Å². The Morgan fingerprint density at radius 1 is 1.45 bits per heavy atom. The van der Waals surface area contributed by atoms with E-state index in [4.69, 9.17) is 11.0 Å². The van der Waals surface area contributed by atoms with Gasteiger partial charge in [-0.1, -0.05) is 0 Å². The van der Waals surface area contributed by atoms with Gasteiger partial charge in [-0.05, 0) is 50.5 Å². The van der Waals surface area contributed by atoms with Crippen LogP contribution in [0, 0.1) is 18.3 Å². The predicted molar refractivity (Wildman–Crippen MR) is 76.5 cm³/mol. The van der Waals surface area contributed by atoms with Crippen molar-refractivity contribution < 1.29 is 8.42 Å². The first kappa shape index (κ1) is 15.0. The average Bonchev–Trinajstić information content (AvgIpc) is 2.37. The Hall–Kier alpha value is -1.42. The topological polar surface area (TPSA) is 87.2 Å². The van der Waals surface area contributed by atoms with Crippen LogP contribution in [0.25, 0.3) is 0 Å². The fourth-order valence-electron chi connectivity index (χ4n) is 2.68. The van der Waals surface area contributed by atoms with Gasteiger partial charge in [0.25, 0.3) is 0 Å². The lowest BCUT2D eigenvalue weighted by atomic mass is 10.0. The van der Waals surface area contributed by atoms with Crippen molar-refractivity contribution in [1.82, 2.24) is 4.31 Å². The minimum atomic E-state index is -3.52. The molecule has 2 atom stereocenters. The van der Waals surface area contributed by atoms with E-state index in [-0.39, 0.29) is 17.0 Å². The molecule has 0 aliphatic carbocycles. The van der Waals surface area contributed by atoms with Crippen LogP contribution in [0.15, 0.2) is 23.1 Å². The summed E-state index contributed by atoms with van der Waals surface area (Å²) in [5.41, 5.74) is 6.95. The molecule has 1 fully saturated rings. The van der Waals surface area contributed by atoms with Crippen molar-refractivity contribution in [3.05, 3.63) is 29.3 Å². The molecule has 0 saturated carbocycles. The zero-order chi connectivity index (χ0) is 14.9. The number of hydrogen-bond acceptors (Lipinski definition) is 4. The van der Waals surface area contributed by atoms with E-state index in [9.17, 15) is 8.42 Å². The second kappa shape index (κ2) is 5.52. The first-order chi connectivity index (χ1) is 9.36. The average molecular weight is 293 g/mol. The molecule has 0 aromatic heterocycles. The molecule has 2 N–H and O–H groups in total. The number of aryl methyl sites for hydroxylation is 1. The van der Waals surface area contributed by atoms with Crippen molar-refractivity contribution in [2.75, 3.05) is 6.54 Å². The fraction of sp³-hybridized carbons (Fsp3) is 0.500. The molecule has 1 aromatic rings. The van der Waals surface area contributed by atoms with E-state index in [1.165, 1.54) is 10.4 Å². The second-order valence-electron chi connectivity index (χ2n) is 5.34. The lowest BCUT2D eigenvalue weighted by Gasteiger charge is -2.35. The Kier molecular flexibility index (Phi) is 4.14. The molecule has 6 heteroatoms. The van der Waals surface area contributed by atoms with Crippen LogP contribution in [0.5, 0.6) is 0 Å². The van der Waals surface area contributed by atoms with Gasteiger partial charge >= 0.3 is 0 Å². The summed E-state index contributed by atoms with van der Waals surface area (Å²) < 4.78 is 27.0. The third kappa shape index (κ3) is 2.70. The highest BCUT2D eigenvalue weighted by molar-refractivity contribution is 7.89. The monoisotopic (exact) mass is 293 g/mol. The van der Waals surface area contributed by atoms with Gasteiger partial charge in [-0.2, -0.15) is 9.57 Å². The van der Waals surface area contributed by atoms with Crippen molar-refractivity contribution in [2.45, 2.75) is 43.7 Å². The van der Waals surface area contributed by atoms with E-state index in [1.54, 1.807) is 19.1 Å². The number of hydrogen-bond donors (Lipinski definition) is 1. The third-order valence-electron chi connectivity index (χ3n) is 3.75. The lowest BCUT2D eigenvalue weighted by Crippen LogP contribution is -2.48. The van der Waals surface area contributed by atoms with Crippen LogP contribution in [0.1, 0.15) is 30.9 Å². The number of nitrogens with zero attached hydrogens (tertiary/aromatic N) is 2. The summed E-state index contributed by atoms with van der Waals surface area (Å²) in [5, 5.41) is 8.85. The maximum atomic E-state index is 12.7. The fourth-order valence-corrected chi connectivity index (χ4v) is 4.54. The van der Waals surface area contributed by atoms with Gasteiger partial charge in [0.15, 0.2) is 0 Å². The Morgan fingerprint density at radius 3 is 2.70 bits per heavy atom. The second-order valence-corrected chi connectivity index (χ2v) is 7.20. The molecular formula is C14H19N3O2S. The molecule has 5 nitrogen and oxygen atoms in total. The Labute approximate surface area is 120 Å². The van der Waals surface area contributed by atoms with Crippen molar-refractivity contribution >= 4 is 10.0 Å². The molecule has 1 saturated heterocycles. The minimum Gasteiger partial charge on any atom is -0.328 e. The van der Waals surface area contributed by atoms with Crippen LogP contribution < -0.4 is 5.73 Å². The molecule has 0 spiro atoms.